The highest BCUT2D eigenvalue weighted by molar-refractivity contribution is 6.39. The van der Waals surface area contributed by atoms with E-state index in [1.807, 2.05) is 5.43 Å². The van der Waals surface area contributed by atoms with Crippen molar-refractivity contribution in [2.45, 2.75) is 0 Å². The van der Waals surface area contributed by atoms with Crippen LogP contribution in [0.4, 0.5) is 5.69 Å². The first-order valence-electron chi connectivity index (χ1n) is 6.73. The number of benzene rings is 2. The van der Waals surface area contributed by atoms with Crippen LogP contribution in [-0.4, -0.2) is 34.2 Å². The van der Waals surface area contributed by atoms with E-state index in [1.54, 1.807) is 18.2 Å². The second-order valence-corrected chi connectivity index (χ2v) is 4.60. The van der Waals surface area contributed by atoms with Crippen molar-refractivity contribution in [3.05, 3.63) is 59.7 Å². The van der Waals surface area contributed by atoms with Crippen LogP contribution in [0.2, 0.25) is 0 Å². The molecule has 0 aliphatic rings. The smallest absolute Gasteiger partial charge is 0.335 e. The summed E-state index contributed by atoms with van der Waals surface area (Å²) in [6, 6.07) is 11.8. The van der Waals surface area contributed by atoms with Gasteiger partial charge in [0, 0.05) is 11.3 Å². The van der Waals surface area contributed by atoms with Crippen LogP contribution in [0.25, 0.3) is 0 Å². The molecule has 0 bridgehead atoms. The lowest BCUT2D eigenvalue weighted by atomic mass is 10.2. The van der Waals surface area contributed by atoms with Crippen molar-refractivity contribution in [3.8, 4) is 5.75 Å². The number of aromatic carboxylic acids is 1. The van der Waals surface area contributed by atoms with Gasteiger partial charge in [-0.1, -0.05) is 18.2 Å². The van der Waals surface area contributed by atoms with Crippen LogP contribution < -0.4 is 10.7 Å². The number of carboxylic acids is 1. The van der Waals surface area contributed by atoms with E-state index < -0.39 is 17.8 Å². The maximum atomic E-state index is 11.7. The first-order valence-corrected chi connectivity index (χ1v) is 6.73. The molecule has 2 aromatic carbocycles. The molecule has 0 aliphatic carbocycles. The molecule has 24 heavy (non-hydrogen) atoms. The summed E-state index contributed by atoms with van der Waals surface area (Å²) in [7, 11) is 0. The first kappa shape index (κ1) is 16.7. The molecule has 122 valence electrons. The van der Waals surface area contributed by atoms with Gasteiger partial charge in [-0.3, -0.25) is 9.59 Å². The van der Waals surface area contributed by atoms with E-state index in [1.165, 1.54) is 36.5 Å². The number of rotatable bonds is 4. The molecule has 2 rings (SSSR count). The number of anilines is 1. The van der Waals surface area contributed by atoms with Gasteiger partial charge in [-0.2, -0.15) is 5.10 Å². The summed E-state index contributed by atoms with van der Waals surface area (Å²) in [4.78, 5) is 34.2. The summed E-state index contributed by atoms with van der Waals surface area (Å²) in [6.07, 6.45) is 1.19. The highest BCUT2D eigenvalue weighted by atomic mass is 16.4. The molecule has 0 radical (unpaired) electrons. The predicted octanol–water partition coefficient (Wildman–Crippen LogP) is 1.18. The lowest BCUT2D eigenvalue weighted by molar-refractivity contribution is -0.136. The number of carboxylic acid groups (broad SMARTS) is 1. The molecular formula is C16H13N3O5. The maximum absolute atomic E-state index is 11.7. The number of nitrogens with zero attached hydrogens (tertiary/aromatic N) is 1. The van der Waals surface area contributed by atoms with Crippen LogP contribution in [0.15, 0.2) is 53.6 Å². The molecule has 0 spiro atoms. The molecule has 0 saturated heterocycles. The lowest BCUT2D eigenvalue weighted by Gasteiger charge is -2.04. The Balaban J connectivity index is 1.95. The van der Waals surface area contributed by atoms with E-state index in [-0.39, 0.29) is 17.0 Å². The van der Waals surface area contributed by atoms with Gasteiger partial charge >= 0.3 is 17.8 Å². The zero-order valence-electron chi connectivity index (χ0n) is 12.3. The Labute approximate surface area is 136 Å². The molecule has 2 aromatic rings. The summed E-state index contributed by atoms with van der Waals surface area (Å²) >= 11 is 0. The average molecular weight is 327 g/mol. The average Bonchev–Trinajstić information content (AvgIpc) is 2.56. The molecule has 8 nitrogen and oxygen atoms in total. The lowest BCUT2D eigenvalue weighted by Crippen LogP contribution is -2.32. The van der Waals surface area contributed by atoms with Gasteiger partial charge in [0.1, 0.15) is 5.75 Å². The molecular weight excluding hydrogens is 314 g/mol. The molecule has 0 heterocycles. The predicted molar refractivity (Wildman–Crippen MR) is 85.9 cm³/mol. The van der Waals surface area contributed by atoms with Gasteiger partial charge < -0.3 is 15.5 Å². The topological polar surface area (TPSA) is 128 Å². The number of aromatic hydroxyl groups is 1. The van der Waals surface area contributed by atoms with Gasteiger partial charge in [0.15, 0.2) is 0 Å². The van der Waals surface area contributed by atoms with Gasteiger partial charge in [-0.25, -0.2) is 10.2 Å². The first-order chi connectivity index (χ1) is 11.5. The molecule has 0 aliphatic heterocycles. The molecule has 8 heteroatoms. The van der Waals surface area contributed by atoms with Crippen molar-refractivity contribution in [1.82, 2.24) is 5.43 Å². The van der Waals surface area contributed by atoms with Gasteiger partial charge in [0.25, 0.3) is 0 Å². The number of hydrazone groups is 1. The summed E-state index contributed by atoms with van der Waals surface area (Å²) in [5, 5.41) is 24.2. The largest absolute Gasteiger partial charge is 0.507 e. The van der Waals surface area contributed by atoms with Gasteiger partial charge in [-0.15, -0.1) is 0 Å². The van der Waals surface area contributed by atoms with Crippen LogP contribution >= 0.6 is 0 Å². The van der Waals surface area contributed by atoms with Crippen LogP contribution in [0.5, 0.6) is 5.75 Å². The molecule has 2 amide bonds. The van der Waals surface area contributed by atoms with Crippen molar-refractivity contribution < 1.29 is 24.6 Å². The number of hydrogen-bond donors (Lipinski definition) is 4. The third-order valence-electron chi connectivity index (χ3n) is 2.88. The number of carbonyl (C=O) groups excluding carboxylic acids is 2. The number of hydrogen-bond acceptors (Lipinski definition) is 5. The minimum Gasteiger partial charge on any atom is -0.507 e. The molecule has 0 saturated carbocycles. The number of nitrogens with one attached hydrogen (secondary N) is 2. The van der Waals surface area contributed by atoms with E-state index in [4.69, 9.17) is 5.11 Å². The minimum absolute atomic E-state index is 0.0224. The second kappa shape index (κ2) is 7.54. The third kappa shape index (κ3) is 4.41. The van der Waals surface area contributed by atoms with E-state index in [0.717, 1.165) is 0 Å². The van der Waals surface area contributed by atoms with E-state index >= 15 is 0 Å². The van der Waals surface area contributed by atoms with Crippen LogP contribution in [0.1, 0.15) is 15.9 Å². The summed E-state index contributed by atoms with van der Waals surface area (Å²) in [6.45, 7) is 0. The van der Waals surface area contributed by atoms with Crippen LogP contribution in [0.3, 0.4) is 0 Å². The van der Waals surface area contributed by atoms with Crippen LogP contribution in [-0.2, 0) is 9.59 Å². The van der Waals surface area contributed by atoms with Crippen molar-refractivity contribution in [2.75, 3.05) is 5.32 Å². The molecule has 0 unspecified atom stereocenters. The fraction of sp³-hybridized carbons (Fsp3) is 0. The normalized spacial score (nSPS) is 10.3. The van der Waals surface area contributed by atoms with Gasteiger partial charge in [0.2, 0.25) is 0 Å². The summed E-state index contributed by atoms with van der Waals surface area (Å²) in [5.74, 6) is -3.22. The van der Waals surface area contributed by atoms with Crippen molar-refractivity contribution in [2.24, 2.45) is 5.10 Å². The summed E-state index contributed by atoms with van der Waals surface area (Å²) < 4.78 is 0. The van der Waals surface area contributed by atoms with Crippen molar-refractivity contribution >= 4 is 29.7 Å². The zero-order valence-corrected chi connectivity index (χ0v) is 12.3. The Morgan fingerprint density at radius 3 is 2.46 bits per heavy atom. The SMILES string of the molecule is O=C(NN=Cc1ccccc1O)C(=O)Nc1cccc(C(=O)O)c1. The fourth-order valence-corrected chi connectivity index (χ4v) is 1.73. The molecule has 0 fully saturated rings. The summed E-state index contributed by atoms with van der Waals surface area (Å²) in [5.41, 5.74) is 2.52. The van der Waals surface area contributed by atoms with Crippen molar-refractivity contribution in [1.29, 1.82) is 0 Å². The second-order valence-electron chi connectivity index (χ2n) is 4.60. The fourth-order valence-electron chi connectivity index (χ4n) is 1.73. The molecule has 4 N–H and O–H groups in total. The standard InChI is InChI=1S/C16H13N3O5/c20-13-7-2-1-4-11(13)9-17-19-15(22)14(21)18-12-6-3-5-10(8-12)16(23)24/h1-9,20H,(H,18,21)(H,19,22)(H,23,24). The highest BCUT2D eigenvalue weighted by Crippen LogP contribution is 2.12. The number of carbonyl (C=O) groups is 3. The maximum Gasteiger partial charge on any atom is 0.335 e. The number of para-hydroxylation sites is 1. The Bertz CT molecular complexity index is 817. The Kier molecular flexibility index (Phi) is 5.24. The van der Waals surface area contributed by atoms with Gasteiger partial charge in [0.05, 0.1) is 11.8 Å². The van der Waals surface area contributed by atoms with Crippen molar-refractivity contribution in [3.63, 3.8) is 0 Å². The monoisotopic (exact) mass is 327 g/mol. The Hall–Kier alpha value is -3.68. The quantitative estimate of drug-likeness (QED) is 0.381. The minimum atomic E-state index is -1.15. The Morgan fingerprint density at radius 1 is 1.00 bits per heavy atom. The number of amides is 2. The van der Waals surface area contributed by atoms with E-state index in [9.17, 15) is 19.5 Å². The molecule has 0 atom stereocenters. The van der Waals surface area contributed by atoms with Crippen LogP contribution in [0, 0.1) is 0 Å². The van der Waals surface area contributed by atoms with E-state index in [0.29, 0.717) is 5.56 Å². The molecule has 0 aromatic heterocycles. The number of phenols is 1. The van der Waals surface area contributed by atoms with E-state index in [2.05, 4.69) is 10.4 Å². The Morgan fingerprint density at radius 2 is 1.75 bits per heavy atom. The zero-order chi connectivity index (χ0) is 17.5. The number of phenolic OH excluding ortho intramolecular Hbond substituents is 1. The third-order valence-corrected chi connectivity index (χ3v) is 2.88. The highest BCUT2D eigenvalue weighted by Gasteiger charge is 2.13. The van der Waals surface area contributed by atoms with Gasteiger partial charge in [-0.05, 0) is 30.3 Å².